The van der Waals surface area contributed by atoms with Crippen LogP contribution in [0.3, 0.4) is 0 Å². The molecule has 1 fully saturated rings. The zero-order chi connectivity index (χ0) is 16.0. The van der Waals surface area contributed by atoms with Crippen molar-refractivity contribution in [1.82, 2.24) is 10.6 Å². The van der Waals surface area contributed by atoms with Gasteiger partial charge in [-0.3, -0.25) is 10.1 Å². The molecule has 21 heavy (non-hydrogen) atoms. The zero-order valence-corrected chi connectivity index (χ0v) is 13.7. The van der Waals surface area contributed by atoms with E-state index in [1.807, 2.05) is 27.7 Å². The number of hydrogen-bond acceptors (Lipinski definition) is 5. The van der Waals surface area contributed by atoms with Gasteiger partial charge in [0.2, 0.25) is 0 Å². The van der Waals surface area contributed by atoms with Gasteiger partial charge >= 0.3 is 12.1 Å². The summed E-state index contributed by atoms with van der Waals surface area (Å²) in [7, 11) is 1.39. The number of rotatable bonds is 7. The molecule has 2 N–H and O–H groups in total. The normalized spacial score (nSPS) is 17.8. The van der Waals surface area contributed by atoms with Gasteiger partial charge in [-0.05, 0) is 46.0 Å². The molecular formula is C15H28N2O4. The van der Waals surface area contributed by atoms with Crippen LogP contribution in [0.1, 0.15) is 47.0 Å². The van der Waals surface area contributed by atoms with Gasteiger partial charge in [0.25, 0.3) is 0 Å². The van der Waals surface area contributed by atoms with Crippen molar-refractivity contribution in [3.63, 3.8) is 0 Å². The Morgan fingerprint density at radius 1 is 1.29 bits per heavy atom. The standard InChI is InChI=1S/C15H28N2O4/c1-6-11(13(18)20-5)17-12(10-7-8-10)9-16-14(19)21-15(2,3)4/h10-12,17H,6-9H2,1-5H3,(H,16,19). The van der Waals surface area contributed by atoms with E-state index in [9.17, 15) is 9.59 Å². The van der Waals surface area contributed by atoms with Gasteiger partial charge in [-0.15, -0.1) is 0 Å². The summed E-state index contributed by atoms with van der Waals surface area (Å²) >= 11 is 0. The van der Waals surface area contributed by atoms with Gasteiger partial charge in [-0.25, -0.2) is 4.79 Å². The van der Waals surface area contributed by atoms with Crippen LogP contribution in [0.4, 0.5) is 4.79 Å². The van der Waals surface area contributed by atoms with Crippen LogP contribution < -0.4 is 10.6 Å². The summed E-state index contributed by atoms with van der Waals surface area (Å²) < 4.78 is 10.0. The average molecular weight is 300 g/mol. The molecule has 0 aromatic carbocycles. The molecule has 0 aliphatic heterocycles. The number of carbonyl (C=O) groups excluding carboxylic acids is 2. The highest BCUT2D eigenvalue weighted by atomic mass is 16.6. The average Bonchev–Trinajstić information content (AvgIpc) is 3.20. The van der Waals surface area contributed by atoms with E-state index in [4.69, 9.17) is 9.47 Å². The van der Waals surface area contributed by atoms with E-state index >= 15 is 0 Å². The Labute approximate surface area is 126 Å². The summed E-state index contributed by atoms with van der Waals surface area (Å²) in [6, 6.07) is -0.261. The van der Waals surface area contributed by atoms with Gasteiger partial charge in [0.15, 0.2) is 0 Å². The Morgan fingerprint density at radius 2 is 1.90 bits per heavy atom. The lowest BCUT2D eigenvalue weighted by Gasteiger charge is -2.25. The minimum absolute atomic E-state index is 0.0709. The number of carbonyl (C=O) groups is 2. The van der Waals surface area contributed by atoms with Gasteiger partial charge in [-0.1, -0.05) is 6.92 Å². The number of ether oxygens (including phenoxy) is 2. The third kappa shape index (κ3) is 6.80. The van der Waals surface area contributed by atoms with Crippen molar-refractivity contribution < 1.29 is 19.1 Å². The molecule has 1 amide bonds. The van der Waals surface area contributed by atoms with E-state index in [0.717, 1.165) is 12.8 Å². The topological polar surface area (TPSA) is 76.7 Å². The number of hydrogen-bond donors (Lipinski definition) is 2. The lowest BCUT2D eigenvalue weighted by molar-refractivity contribution is -0.143. The molecular weight excluding hydrogens is 272 g/mol. The van der Waals surface area contributed by atoms with Crippen molar-refractivity contribution in [2.45, 2.75) is 64.6 Å². The summed E-state index contributed by atoms with van der Waals surface area (Å²) in [6.45, 7) is 7.86. The van der Waals surface area contributed by atoms with E-state index in [0.29, 0.717) is 18.9 Å². The summed E-state index contributed by atoms with van der Waals surface area (Å²) in [5.74, 6) is 0.235. The minimum Gasteiger partial charge on any atom is -0.468 e. The van der Waals surface area contributed by atoms with E-state index in [-0.39, 0.29) is 18.1 Å². The summed E-state index contributed by atoms with van der Waals surface area (Å²) in [5.41, 5.74) is -0.509. The molecule has 1 saturated carbocycles. The van der Waals surface area contributed by atoms with Gasteiger partial charge < -0.3 is 14.8 Å². The molecule has 6 nitrogen and oxygen atoms in total. The van der Waals surface area contributed by atoms with Crippen molar-refractivity contribution in [2.75, 3.05) is 13.7 Å². The molecule has 0 bridgehead atoms. The second kappa shape index (κ2) is 7.64. The highest BCUT2D eigenvalue weighted by Gasteiger charge is 2.34. The predicted octanol–water partition coefficient (Wildman–Crippen LogP) is 1.83. The number of alkyl carbamates (subject to hydrolysis) is 1. The molecule has 1 aliphatic carbocycles. The largest absolute Gasteiger partial charge is 0.468 e. The number of amides is 1. The van der Waals surface area contributed by atoms with E-state index in [1.165, 1.54) is 7.11 Å². The molecule has 0 aromatic rings. The van der Waals surface area contributed by atoms with Crippen LogP contribution >= 0.6 is 0 Å². The first-order valence-corrected chi connectivity index (χ1v) is 7.57. The molecule has 1 aliphatic rings. The third-order valence-electron chi connectivity index (χ3n) is 3.37. The monoisotopic (exact) mass is 300 g/mol. The Bertz CT molecular complexity index is 361. The quantitative estimate of drug-likeness (QED) is 0.702. The number of nitrogens with one attached hydrogen (secondary N) is 2. The van der Waals surface area contributed by atoms with Gasteiger partial charge in [0.05, 0.1) is 7.11 Å². The number of esters is 1. The first-order valence-electron chi connectivity index (χ1n) is 7.57. The maximum Gasteiger partial charge on any atom is 0.407 e. The maximum atomic E-state index is 11.7. The van der Waals surface area contributed by atoms with Crippen LogP contribution in [0.15, 0.2) is 0 Å². The van der Waals surface area contributed by atoms with Crippen molar-refractivity contribution in [3.8, 4) is 0 Å². The summed E-state index contributed by atoms with van der Waals surface area (Å²) in [6.07, 6.45) is 2.46. The van der Waals surface area contributed by atoms with Gasteiger partial charge in [0, 0.05) is 12.6 Å². The summed E-state index contributed by atoms with van der Waals surface area (Å²) in [4.78, 5) is 23.3. The van der Waals surface area contributed by atoms with Crippen LogP contribution in [-0.2, 0) is 14.3 Å². The fourth-order valence-electron chi connectivity index (χ4n) is 2.12. The van der Waals surface area contributed by atoms with Gasteiger partial charge in [0.1, 0.15) is 11.6 Å². The zero-order valence-electron chi connectivity index (χ0n) is 13.7. The summed E-state index contributed by atoms with van der Waals surface area (Å²) in [5, 5.41) is 6.06. The van der Waals surface area contributed by atoms with Gasteiger partial charge in [-0.2, -0.15) is 0 Å². The molecule has 0 spiro atoms. The first kappa shape index (κ1) is 17.8. The molecule has 0 saturated heterocycles. The molecule has 122 valence electrons. The van der Waals surface area contributed by atoms with Crippen LogP contribution in [-0.4, -0.2) is 43.4 Å². The van der Waals surface area contributed by atoms with Crippen molar-refractivity contribution >= 4 is 12.1 Å². The highest BCUT2D eigenvalue weighted by molar-refractivity contribution is 5.75. The van der Waals surface area contributed by atoms with Crippen molar-refractivity contribution in [2.24, 2.45) is 5.92 Å². The number of methoxy groups -OCH3 is 1. The highest BCUT2D eigenvalue weighted by Crippen LogP contribution is 2.32. The lowest BCUT2D eigenvalue weighted by Crippen LogP contribution is -2.50. The third-order valence-corrected chi connectivity index (χ3v) is 3.37. The Balaban J connectivity index is 2.47. The fourth-order valence-corrected chi connectivity index (χ4v) is 2.12. The van der Waals surface area contributed by atoms with E-state index in [1.54, 1.807) is 0 Å². The molecule has 1 rings (SSSR count). The van der Waals surface area contributed by atoms with Crippen molar-refractivity contribution in [3.05, 3.63) is 0 Å². The molecule has 6 heteroatoms. The second-order valence-electron chi connectivity index (χ2n) is 6.48. The van der Waals surface area contributed by atoms with Crippen LogP contribution in [0.5, 0.6) is 0 Å². The molecule has 0 heterocycles. The molecule has 0 aromatic heterocycles. The van der Waals surface area contributed by atoms with E-state index in [2.05, 4.69) is 10.6 Å². The van der Waals surface area contributed by atoms with Crippen LogP contribution in [0, 0.1) is 5.92 Å². The first-order chi connectivity index (χ1) is 9.76. The van der Waals surface area contributed by atoms with E-state index < -0.39 is 11.7 Å². The van der Waals surface area contributed by atoms with Crippen LogP contribution in [0.25, 0.3) is 0 Å². The fraction of sp³-hybridized carbons (Fsp3) is 0.867. The predicted molar refractivity (Wildman–Crippen MR) is 80.0 cm³/mol. The van der Waals surface area contributed by atoms with Crippen molar-refractivity contribution in [1.29, 1.82) is 0 Å². The van der Waals surface area contributed by atoms with Crippen LogP contribution in [0.2, 0.25) is 0 Å². The SMILES string of the molecule is CCC(NC(CNC(=O)OC(C)(C)C)C1CC1)C(=O)OC. The second-order valence-corrected chi connectivity index (χ2v) is 6.48. The molecule has 2 unspecified atom stereocenters. The Morgan fingerprint density at radius 3 is 2.33 bits per heavy atom. The maximum absolute atomic E-state index is 11.7. The lowest BCUT2D eigenvalue weighted by atomic mass is 10.1. The molecule has 2 atom stereocenters. The molecule has 0 radical (unpaired) electrons. The Kier molecular flexibility index (Phi) is 6.45. The Hall–Kier alpha value is -1.30. The smallest absolute Gasteiger partial charge is 0.407 e. The minimum atomic E-state index is -0.509.